The minimum atomic E-state index is -0.371. The van der Waals surface area contributed by atoms with E-state index in [9.17, 15) is 4.79 Å². The third-order valence-electron chi connectivity index (χ3n) is 3.86. The zero-order chi connectivity index (χ0) is 17.1. The molecule has 122 valence electrons. The molecule has 0 bridgehead atoms. The number of nitrogens with zero attached hydrogens (tertiary/aromatic N) is 2. The van der Waals surface area contributed by atoms with Crippen molar-refractivity contribution >= 4 is 5.91 Å². The van der Waals surface area contributed by atoms with Gasteiger partial charge in [-0.1, -0.05) is 47.1 Å². The van der Waals surface area contributed by atoms with Gasteiger partial charge in [0.15, 0.2) is 0 Å². The summed E-state index contributed by atoms with van der Waals surface area (Å²) in [5.74, 6) is 0.742. The fourth-order valence-electron chi connectivity index (χ4n) is 2.39. The molecule has 1 unspecified atom stereocenters. The number of carbonyl (C=O) groups is 1. The number of nitrogens with one attached hydrogen (secondary N) is 1. The van der Waals surface area contributed by atoms with Gasteiger partial charge in [-0.3, -0.25) is 4.79 Å². The van der Waals surface area contributed by atoms with Gasteiger partial charge in [0.1, 0.15) is 6.04 Å². The maximum absolute atomic E-state index is 12.3. The predicted octanol–water partition coefficient (Wildman–Crippen LogP) is 3.84. The van der Waals surface area contributed by atoms with Crippen molar-refractivity contribution < 1.29 is 9.32 Å². The molecule has 5 heteroatoms. The Labute approximate surface area is 140 Å². The first-order valence-electron chi connectivity index (χ1n) is 7.82. The Kier molecular flexibility index (Phi) is 4.42. The van der Waals surface area contributed by atoms with Crippen LogP contribution in [0.25, 0.3) is 11.4 Å². The summed E-state index contributed by atoms with van der Waals surface area (Å²) in [5.41, 5.74) is 3.70. The molecule has 0 saturated heterocycles. The molecule has 1 atom stereocenters. The quantitative estimate of drug-likeness (QED) is 0.792. The number of hydrogen-bond donors (Lipinski definition) is 1. The van der Waals surface area contributed by atoms with E-state index in [1.54, 1.807) is 12.1 Å². The number of benzene rings is 2. The molecule has 0 fully saturated rings. The molecule has 1 aromatic heterocycles. The molecule has 1 amide bonds. The zero-order valence-electron chi connectivity index (χ0n) is 13.9. The van der Waals surface area contributed by atoms with Gasteiger partial charge < -0.3 is 9.84 Å². The maximum atomic E-state index is 12.3. The van der Waals surface area contributed by atoms with E-state index in [0.29, 0.717) is 17.3 Å². The van der Waals surface area contributed by atoms with Gasteiger partial charge in [-0.2, -0.15) is 4.98 Å². The minimum Gasteiger partial charge on any atom is -0.341 e. The second kappa shape index (κ2) is 6.66. The van der Waals surface area contributed by atoms with Gasteiger partial charge >= 0.3 is 0 Å². The second-order valence-corrected chi connectivity index (χ2v) is 5.83. The first kappa shape index (κ1) is 15.9. The van der Waals surface area contributed by atoms with E-state index in [0.717, 1.165) is 16.7 Å². The molecule has 24 heavy (non-hydrogen) atoms. The van der Waals surface area contributed by atoms with E-state index in [-0.39, 0.29) is 11.9 Å². The molecular formula is C19H19N3O2. The predicted molar refractivity (Wildman–Crippen MR) is 91.5 cm³/mol. The molecule has 0 aliphatic rings. The van der Waals surface area contributed by atoms with Crippen LogP contribution in [0.15, 0.2) is 53.1 Å². The Hall–Kier alpha value is -2.95. The monoisotopic (exact) mass is 321 g/mol. The lowest BCUT2D eigenvalue weighted by Crippen LogP contribution is -2.26. The van der Waals surface area contributed by atoms with Crippen molar-refractivity contribution in [1.82, 2.24) is 15.5 Å². The van der Waals surface area contributed by atoms with Crippen LogP contribution in [0.4, 0.5) is 0 Å². The Morgan fingerprint density at radius 2 is 1.79 bits per heavy atom. The Bertz CT molecular complexity index is 853. The number of rotatable bonds is 4. The molecule has 2 aromatic carbocycles. The highest BCUT2D eigenvalue weighted by molar-refractivity contribution is 5.94. The van der Waals surface area contributed by atoms with Crippen molar-refractivity contribution in [1.29, 1.82) is 0 Å². The molecule has 0 saturated carbocycles. The molecule has 1 heterocycles. The topological polar surface area (TPSA) is 68.0 Å². The molecule has 0 aliphatic carbocycles. The molecule has 3 aromatic rings. The number of amides is 1. The second-order valence-electron chi connectivity index (χ2n) is 5.83. The highest BCUT2D eigenvalue weighted by Crippen LogP contribution is 2.21. The van der Waals surface area contributed by atoms with E-state index in [1.165, 1.54) is 0 Å². The Morgan fingerprint density at radius 3 is 2.50 bits per heavy atom. The van der Waals surface area contributed by atoms with Crippen molar-refractivity contribution in [2.75, 3.05) is 0 Å². The van der Waals surface area contributed by atoms with Crippen LogP contribution in [0.5, 0.6) is 0 Å². The average Bonchev–Trinajstić information content (AvgIpc) is 3.05. The summed E-state index contributed by atoms with van der Waals surface area (Å²) >= 11 is 0. The maximum Gasteiger partial charge on any atom is 0.251 e. The number of hydrogen-bond acceptors (Lipinski definition) is 4. The molecule has 0 radical (unpaired) electrons. The summed E-state index contributed by atoms with van der Waals surface area (Å²) in [5, 5.41) is 6.90. The zero-order valence-corrected chi connectivity index (χ0v) is 13.9. The fourth-order valence-corrected chi connectivity index (χ4v) is 2.39. The smallest absolute Gasteiger partial charge is 0.251 e. The summed E-state index contributed by atoms with van der Waals surface area (Å²) < 4.78 is 5.32. The lowest BCUT2D eigenvalue weighted by atomic mass is 10.1. The number of carbonyl (C=O) groups excluding carboxylic acids is 1. The van der Waals surface area contributed by atoms with E-state index < -0.39 is 0 Å². The summed E-state index contributed by atoms with van der Waals surface area (Å²) in [7, 11) is 0. The molecule has 5 nitrogen and oxygen atoms in total. The van der Waals surface area contributed by atoms with Gasteiger partial charge in [0.05, 0.1) is 0 Å². The van der Waals surface area contributed by atoms with Gasteiger partial charge in [-0.05, 0) is 38.5 Å². The van der Waals surface area contributed by atoms with Gasteiger partial charge in [-0.15, -0.1) is 0 Å². The first-order valence-corrected chi connectivity index (χ1v) is 7.82. The van der Waals surface area contributed by atoms with Crippen LogP contribution in [0.3, 0.4) is 0 Å². The van der Waals surface area contributed by atoms with Crippen molar-refractivity contribution in [2.45, 2.75) is 26.8 Å². The van der Waals surface area contributed by atoms with Crippen LogP contribution in [0.2, 0.25) is 0 Å². The van der Waals surface area contributed by atoms with Crippen molar-refractivity contribution in [2.24, 2.45) is 0 Å². The van der Waals surface area contributed by atoms with Crippen LogP contribution in [0, 0.1) is 13.8 Å². The van der Waals surface area contributed by atoms with Gasteiger partial charge in [0.2, 0.25) is 11.7 Å². The third-order valence-corrected chi connectivity index (χ3v) is 3.86. The normalized spacial score (nSPS) is 12.0. The lowest BCUT2D eigenvalue weighted by Gasteiger charge is -2.09. The van der Waals surface area contributed by atoms with Gasteiger partial charge in [-0.25, -0.2) is 0 Å². The summed E-state index contributed by atoms with van der Waals surface area (Å²) in [6, 6.07) is 14.9. The molecule has 3 rings (SSSR count). The van der Waals surface area contributed by atoms with Crippen LogP contribution in [-0.4, -0.2) is 16.0 Å². The van der Waals surface area contributed by atoms with Gasteiger partial charge in [0, 0.05) is 11.1 Å². The van der Waals surface area contributed by atoms with Crippen molar-refractivity contribution in [3.63, 3.8) is 0 Å². The number of aromatic nitrogens is 2. The SMILES string of the molecule is Cc1ccc(C(=O)NC(C)c2nc(-c3ccccc3C)no2)cc1. The van der Waals surface area contributed by atoms with E-state index in [2.05, 4.69) is 15.5 Å². The molecule has 1 N–H and O–H groups in total. The molecular weight excluding hydrogens is 302 g/mol. The largest absolute Gasteiger partial charge is 0.341 e. The lowest BCUT2D eigenvalue weighted by molar-refractivity contribution is 0.0932. The fraction of sp³-hybridized carbons (Fsp3) is 0.211. The molecule has 0 spiro atoms. The first-order chi connectivity index (χ1) is 11.5. The van der Waals surface area contributed by atoms with Crippen molar-refractivity contribution in [3.8, 4) is 11.4 Å². The van der Waals surface area contributed by atoms with Crippen LogP contribution >= 0.6 is 0 Å². The summed E-state index contributed by atoms with van der Waals surface area (Å²) in [6.45, 7) is 5.80. The van der Waals surface area contributed by atoms with Crippen LogP contribution in [0.1, 0.15) is 40.3 Å². The number of aryl methyl sites for hydroxylation is 2. The van der Waals surface area contributed by atoms with Crippen LogP contribution in [-0.2, 0) is 0 Å². The summed E-state index contributed by atoms with van der Waals surface area (Å²) in [6.07, 6.45) is 0. The minimum absolute atomic E-state index is 0.168. The van der Waals surface area contributed by atoms with Crippen LogP contribution < -0.4 is 5.32 Å². The van der Waals surface area contributed by atoms with E-state index >= 15 is 0 Å². The van der Waals surface area contributed by atoms with E-state index in [1.807, 2.05) is 57.2 Å². The Morgan fingerprint density at radius 1 is 1.08 bits per heavy atom. The average molecular weight is 321 g/mol. The highest BCUT2D eigenvalue weighted by Gasteiger charge is 2.18. The third kappa shape index (κ3) is 3.35. The molecule has 0 aliphatic heterocycles. The van der Waals surface area contributed by atoms with Gasteiger partial charge in [0.25, 0.3) is 5.91 Å². The highest BCUT2D eigenvalue weighted by atomic mass is 16.5. The van der Waals surface area contributed by atoms with Crippen molar-refractivity contribution in [3.05, 3.63) is 71.1 Å². The van der Waals surface area contributed by atoms with E-state index in [4.69, 9.17) is 4.52 Å². The standard InChI is InChI=1S/C19H19N3O2/c1-12-8-10-15(11-9-12)18(23)20-14(3)19-21-17(22-24-19)16-7-5-4-6-13(16)2/h4-11,14H,1-3H3,(H,20,23). The Balaban J connectivity index is 1.74. The summed E-state index contributed by atoms with van der Waals surface area (Å²) in [4.78, 5) is 16.7.